The number of carbonyl (C=O) groups is 1. The molecule has 4 heteroatoms. The van der Waals surface area contributed by atoms with Crippen LogP contribution in [0.3, 0.4) is 0 Å². The number of allylic oxidation sites excluding steroid dienone is 1. The van der Waals surface area contributed by atoms with Gasteiger partial charge in [-0.3, -0.25) is 0 Å². The van der Waals surface area contributed by atoms with Crippen molar-refractivity contribution in [3.63, 3.8) is 0 Å². The number of carbonyl (C=O) groups excluding carboxylic acids is 1. The number of urea groups is 1. The van der Waals surface area contributed by atoms with Crippen molar-refractivity contribution in [2.45, 2.75) is 50.4 Å². The Morgan fingerprint density at radius 3 is 2.38 bits per heavy atom. The highest BCUT2D eigenvalue weighted by molar-refractivity contribution is 6.22. The molecule has 2 aliphatic rings. The minimum atomic E-state index is -0.353. The van der Waals surface area contributed by atoms with Gasteiger partial charge in [0.05, 0.1) is 0 Å². The van der Waals surface area contributed by atoms with E-state index in [9.17, 15) is 4.79 Å². The highest BCUT2D eigenvalue weighted by atomic mass is 35.5. The normalized spacial score (nSPS) is 28.4. The smallest absolute Gasteiger partial charge is 0.318 e. The number of hydrogen-bond acceptors (Lipinski definition) is 1. The summed E-state index contributed by atoms with van der Waals surface area (Å²) in [5, 5.41) is 5.51. The Balaban J connectivity index is 2.00. The van der Waals surface area contributed by atoms with Gasteiger partial charge in [-0.2, -0.15) is 0 Å². The fourth-order valence-electron chi connectivity index (χ4n) is 2.54. The van der Waals surface area contributed by atoms with Gasteiger partial charge in [0, 0.05) is 5.70 Å². The molecule has 16 heavy (non-hydrogen) atoms. The Morgan fingerprint density at radius 2 is 1.75 bits per heavy atom. The van der Waals surface area contributed by atoms with Crippen molar-refractivity contribution >= 4 is 17.6 Å². The maximum Gasteiger partial charge on any atom is 0.320 e. The minimum Gasteiger partial charge on any atom is -0.318 e. The quantitative estimate of drug-likeness (QED) is 0.538. The molecule has 1 atom stereocenters. The third-order valence-corrected chi connectivity index (χ3v) is 3.63. The third kappa shape index (κ3) is 3.14. The van der Waals surface area contributed by atoms with Crippen LogP contribution in [0.5, 0.6) is 0 Å². The third-order valence-electron chi connectivity index (χ3n) is 3.40. The summed E-state index contributed by atoms with van der Waals surface area (Å²) in [4.78, 5) is 11.3. The molecule has 0 aromatic heterocycles. The van der Waals surface area contributed by atoms with Crippen LogP contribution in [0.4, 0.5) is 4.79 Å². The van der Waals surface area contributed by atoms with Gasteiger partial charge in [0.2, 0.25) is 0 Å². The van der Waals surface area contributed by atoms with Crippen LogP contribution in [0.15, 0.2) is 11.8 Å². The molecule has 0 saturated heterocycles. The van der Waals surface area contributed by atoms with Crippen LogP contribution in [0.25, 0.3) is 0 Å². The number of halogens is 1. The molecule has 0 bridgehead atoms. The van der Waals surface area contributed by atoms with Crippen molar-refractivity contribution in [2.75, 3.05) is 0 Å². The van der Waals surface area contributed by atoms with Crippen molar-refractivity contribution in [1.82, 2.24) is 10.6 Å². The maximum atomic E-state index is 11.3. The van der Waals surface area contributed by atoms with E-state index >= 15 is 0 Å². The second-order valence-electron chi connectivity index (χ2n) is 4.66. The van der Waals surface area contributed by atoms with E-state index in [0.717, 1.165) is 5.70 Å². The fourth-order valence-corrected chi connectivity index (χ4v) is 2.77. The monoisotopic (exact) mass is 242 g/mol. The summed E-state index contributed by atoms with van der Waals surface area (Å²) in [6.45, 7) is 0. The van der Waals surface area contributed by atoms with Gasteiger partial charge in [-0.1, -0.05) is 43.7 Å². The first kappa shape index (κ1) is 11.8. The van der Waals surface area contributed by atoms with Crippen LogP contribution in [-0.2, 0) is 0 Å². The Bertz CT molecular complexity index is 283. The van der Waals surface area contributed by atoms with Crippen LogP contribution in [0, 0.1) is 5.92 Å². The first-order valence-corrected chi connectivity index (χ1v) is 6.62. The molecule has 0 radical (unpaired) electrons. The first-order valence-electron chi connectivity index (χ1n) is 6.19. The van der Waals surface area contributed by atoms with E-state index in [-0.39, 0.29) is 11.5 Å². The SMILES string of the molecule is O=C1NC(C2CCCCCCC2)=CC(Cl)N1. The largest absolute Gasteiger partial charge is 0.320 e. The van der Waals surface area contributed by atoms with E-state index < -0.39 is 0 Å². The summed E-state index contributed by atoms with van der Waals surface area (Å²) in [6, 6.07) is -0.167. The second kappa shape index (κ2) is 5.58. The second-order valence-corrected chi connectivity index (χ2v) is 5.13. The summed E-state index contributed by atoms with van der Waals surface area (Å²) in [5.74, 6) is 0.493. The maximum absolute atomic E-state index is 11.3. The fraction of sp³-hybridized carbons (Fsp3) is 0.750. The first-order chi connectivity index (χ1) is 7.75. The van der Waals surface area contributed by atoms with Gasteiger partial charge in [-0.15, -0.1) is 0 Å². The number of amides is 2. The van der Waals surface area contributed by atoms with E-state index in [0.29, 0.717) is 5.92 Å². The van der Waals surface area contributed by atoms with E-state index in [1.807, 2.05) is 6.08 Å². The molecule has 2 N–H and O–H groups in total. The molecule has 2 rings (SSSR count). The topological polar surface area (TPSA) is 41.1 Å². The van der Waals surface area contributed by atoms with Gasteiger partial charge in [-0.05, 0) is 24.8 Å². The lowest BCUT2D eigenvalue weighted by molar-refractivity contribution is 0.239. The zero-order valence-corrected chi connectivity index (χ0v) is 10.2. The number of hydrogen-bond donors (Lipinski definition) is 2. The Morgan fingerprint density at radius 1 is 1.12 bits per heavy atom. The standard InChI is InChI=1S/C12H19ClN2O/c13-11-8-10(14-12(16)15-11)9-6-4-2-1-3-5-7-9/h8-9,11H,1-7H2,(H2,14,15,16). The molecule has 1 fully saturated rings. The average Bonchev–Trinajstić information content (AvgIpc) is 2.14. The zero-order valence-electron chi connectivity index (χ0n) is 9.47. The van der Waals surface area contributed by atoms with Crippen molar-refractivity contribution in [3.8, 4) is 0 Å². The van der Waals surface area contributed by atoms with Crippen LogP contribution >= 0.6 is 11.6 Å². The highest BCUT2D eigenvalue weighted by Gasteiger charge is 2.22. The van der Waals surface area contributed by atoms with Gasteiger partial charge in [0.15, 0.2) is 0 Å². The van der Waals surface area contributed by atoms with E-state index in [1.54, 1.807) is 0 Å². The van der Waals surface area contributed by atoms with Gasteiger partial charge in [0.1, 0.15) is 5.50 Å². The van der Waals surface area contributed by atoms with Gasteiger partial charge in [0.25, 0.3) is 0 Å². The van der Waals surface area contributed by atoms with Crippen molar-refractivity contribution in [3.05, 3.63) is 11.8 Å². The molecule has 1 heterocycles. The molecule has 1 saturated carbocycles. The van der Waals surface area contributed by atoms with Crippen molar-refractivity contribution < 1.29 is 4.79 Å². The molecule has 0 aromatic carbocycles. The summed E-state index contributed by atoms with van der Waals surface area (Å²) in [5.41, 5.74) is 0.680. The zero-order chi connectivity index (χ0) is 11.4. The average molecular weight is 243 g/mol. The molecule has 0 spiro atoms. The molecule has 0 aromatic rings. The molecule has 2 amide bonds. The van der Waals surface area contributed by atoms with Crippen molar-refractivity contribution in [2.24, 2.45) is 5.92 Å². The molecule has 3 nitrogen and oxygen atoms in total. The van der Waals surface area contributed by atoms with E-state index in [2.05, 4.69) is 10.6 Å². The van der Waals surface area contributed by atoms with Gasteiger partial charge < -0.3 is 10.6 Å². The summed E-state index contributed by atoms with van der Waals surface area (Å²) < 4.78 is 0. The van der Waals surface area contributed by atoms with E-state index in [1.165, 1.54) is 44.9 Å². The van der Waals surface area contributed by atoms with Gasteiger partial charge in [-0.25, -0.2) is 4.79 Å². The van der Waals surface area contributed by atoms with Crippen LogP contribution < -0.4 is 10.6 Å². The Labute approximate surface area is 102 Å². The lowest BCUT2D eigenvalue weighted by Gasteiger charge is -2.27. The number of nitrogens with one attached hydrogen (secondary N) is 2. The Hall–Kier alpha value is -0.700. The molecular formula is C12H19ClN2O. The molecule has 90 valence electrons. The summed E-state index contributed by atoms with van der Waals surface area (Å²) in [7, 11) is 0. The van der Waals surface area contributed by atoms with Crippen LogP contribution in [0.1, 0.15) is 44.9 Å². The lowest BCUT2D eigenvalue weighted by Crippen LogP contribution is -2.45. The van der Waals surface area contributed by atoms with Crippen LogP contribution in [0.2, 0.25) is 0 Å². The predicted octanol–water partition coefficient (Wildman–Crippen LogP) is 3.11. The summed E-state index contributed by atoms with van der Waals surface area (Å²) in [6.07, 6.45) is 10.8. The van der Waals surface area contributed by atoms with Crippen molar-refractivity contribution in [1.29, 1.82) is 0 Å². The minimum absolute atomic E-state index is 0.167. The predicted molar refractivity (Wildman–Crippen MR) is 65.2 cm³/mol. The lowest BCUT2D eigenvalue weighted by atomic mass is 9.88. The molecule has 1 aliphatic heterocycles. The highest BCUT2D eigenvalue weighted by Crippen LogP contribution is 2.28. The van der Waals surface area contributed by atoms with Gasteiger partial charge >= 0.3 is 6.03 Å². The molecule has 1 unspecified atom stereocenters. The Kier molecular flexibility index (Phi) is 4.10. The van der Waals surface area contributed by atoms with E-state index in [4.69, 9.17) is 11.6 Å². The van der Waals surface area contributed by atoms with Crippen LogP contribution in [-0.4, -0.2) is 11.5 Å². The number of alkyl halides is 1. The molecular weight excluding hydrogens is 224 g/mol. The molecule has 1 aliphatic carbocycles. The number of rotatable bonds is 1. The summed E-state index contributed by atoms with van der Waals surface area (Å²) >= 11 is 5.95.